The van der Waals surface area contributed by atoms with Crippen molar-refractivity contribution in [2.24, 2.45) is 0 Å². The highest BCUT2D eigenvalue weighted by Crippen LogP contribution is 2.54. The Bertz CT molecular complexity index is 1910. The van der Waals surface area contributed by atoms with Crippen molar-refractivity contribution in [1.82, 2.24) is 0 Å². The van der Waals surface area contributed by atoms with Crippen LogP contribution in [0.25, 0.3) is 43.1 Å². The van der Waals surface area contributed by atoms with Crippen LogP contribution in [-0.2, 0) is 9.59 Å². The largest absolute Gasteiger partial charge is 0.392 e. The van der Waals surface area contributed by atoms with Gasteiger partial charge in [-0.05, 0) is 90.6 Å². The Labute approximate surface area is 242 Å². The summed E-state index contributed by atoms with van der Waals surface area (Å²) in [6.07, 6.45) is -1.96. The molecule has 1 fully saturated rings. The lowest BCUT2D eigenvalue weighted by atomic mass is 9.61. The highest BCUT2D eigenvalue weighted by Gasteiger charge is 2.53. The van der Waals surface area contributed by atoms with Gasteiger partial charge in [0.1, 0.15) is 0 Å². The molecule has 0 aromatic heterocycles. The van der Waals surface area contributed by atoms with E-state index in [0.717, 1.165) is 43.1 Å². The van der Waals surface area contributed by atoms with Gasteiger partial charge < -0.3 is 20.8 Å². The van der Waals surface area contributed by atoms with Crippen LogP contribution < -0.4 is 10.6 Å². The standard InChI is InChI=1S/C36H30N2O4/c1-19(39)37-29-13-11-25-15-21-7-3-5-9-23(21)17-27(25)31(29)33-35(41)34(36(33)42)32-28-18-24-10-6-4-8-22(24)16-26(28)12-14-30(32)38-20(2)40/h3-18,33-36,41-42H,1-2H3,(H,37,39)(H,38,40). The van der Waals surface area contributed by atoms with E-state index in [2.05, 4.69) is 34.9 Å². The van der Waals surface area contributed by atoms with E-state index >= 15 is 0 Å². The molecule has 1 saturated carbocycles. The van der Waals surface area contributed by atoms with Crippen LogP contribution in [0.15, 0.2) is 97.1 Å². The molecular weight excluding hydrogens is 524 g/mol. The molecule has 6 aromatic carbocycles. The minimum absolute atomic E-state index is 0.231. The Balaban J connectivity index is 1.41. The van der Waals surface area contributed by atoms with E-state index in [4.69, 9.17) is 0 Å². The fraction of sp³-hybridized carbons (Fsp3) is 0.167. The van der Waals surface area contributed by atoms with E-state index in [-0.39, 0.29) is 11.8 Å². The van der Waals surface area contributed by atoms with Crippen LogP contribution in [0.3, 0.4) is 0 Å². The SMILES string of the molecule is CC(=O)Nc1ccc2cc3ccccc3cc2c1C1C(O)C(c2c(NC(C)=O)ccc3cc4ccccc4cc23)C1O. The number of aliphatic hydroxyl groups excluding tert-OH is 2. The molecule has 1 aliphatic carbocycles. The first-order valence-electron chi connectivity index (χ1n) is 14.1. The number of hydrogen-bond donors (Lipinski definition) is 4. The highest BCUT2D eigenvalue weighted by atomic mass is 16.3. The lowest BCUT2D eigenvalue weighted by Gasteiger charge is -2.48. The Morgan fingerprint density at radius 1 is 0.524 bits per heavy atom. The highest BCUT2D eigenvalue weighted by molar-refractivity contribution is 6.05. The predicted octanol–water partition coefficient (Wildman–Crippen LogP) is 6.82. The summed E-state index contributed by atoms with van der Waals surface area (Å²) in [4.78, 5) is 24.4. The van der Waals surface area contributed by atoms with Gasteiger partial charge in [0.15, 0.2) is 0 Å². The third-order valence-corrected chi connectivity index (χ3v) is 8.62. The molecule has 1 aliphatic rings. The van der Waals surface area contributed by atoms with E-state index < -0.39 is 24.0 Å². The summed E-state index contributed by atoms with van der Waals surface area (Å²) in [5, 5.41) is 37.6. The van der Waals surface area contributed by atoms with Gasteiger partial charge in [0.2, 0.25) is 11.8 Å². The summed E-state index contributed by atoms with van der Waals surface area (Å²) < 4.78 is 0. The van der Waals surface area contributed by atoms with Gasteiger partial charge in [0, 0.05) is 37.1 Å². The summed E-state index contributed by atoms with van der Waals surface area (Å²) >= 11 is 0. The number of hydrogen-bond acceptors (Lipinski definition) is 4. The van der Waals surface area contributed by atoms with E-state index in [1.165, 1.54) is 13.8 Å². The minimum atomic E-state index is -0.978. The van der Waals surface area contributed by atoms with Crippen LogP contribution in [0.5, 0.6) is 0 Å². The molecule has 0 spiro atoms. The molecule has 0 radical (unpaired) electrons. The molecule has 0 heterocycles. The first-order chi connectivity index (χ1) is 20.3. The third kappa shape index (κ3) is 4.19. The normalized spacial score (nSPS) is 20.1. The monoisotopic (exact) mass is 554 g/mol. The van der Waals surface area contributed by atoms with Gasteiger partial charge in [-0.3, -0.25) is 9.59 Å². The van der Waals surface area contributed by atoms with Crippen molar-refractivity contribution >= 4 is 66.3 Å². The molecule has 208 valence electrons. The fourth-order valence-electron chi connectivity index (χ4n) is 6.78. The number of benzene rings is 6. The van der Waals surface area contributed by atoms with Crippen molar-refractivity contribution in [3.8, 4) is 0 Å². The second-order valence-electron chi connectivity index (χ2n) is 11.3. The number of carbonyl (C=O) groups excluding carboxylic acids is 2. The van der Waals surface area contributed by atoms with Crippen molar-refractivity contribution in [1.29, 1.82) is 0 Å². The second kappa shape index (κ2) is 9.94. The average Bonchev–Trinajstić information content (AvgIpc) is 2.97. The number of nitrogens with one attached hydrogen (secondary N) is 2. The maximum Gasteiger partial charge on any atom is 0.221 e. The lowest BCUT2D eigenvalue weighted by molar-refractivity contribution is -0.115. The maximum absolute atomic E-state index is 12.2. The molecule has 42 heavy (non-hydrogen) atoms. The van der Waals surface area contributed by atoms with Crippen molar-refractivity contribution in [3.05, 3.63) is 108 Å². The number of carbonyl (C=O) groups is 2. The summed E-state index contributed by atoms with van der Waals surface area (Å²) in [5.41, 5.74) is 2.54. The van der Waals surface area contributed by atoms with E-state index in [1.807, 2.05) is 72.8 Å². The predicted molar refractivity (Wildman–Crippen MR) is 169 cm³/mol. The molecule has 0 bridgehead atoms. The molecule has 2 amide bonds. The molecule has 4 N–H and O–H groups in total. The average molecular weight is 555 g/mol. The van der Waals surface area contributed by atoms with Gasteiger partial charge >= 0.3 is 0 Å². The van der Waals surface area contributed by atoms with Crippen LogP contribution in [0.1, 0.15) is 36.8 Å². The van der Waals surface area contributed by atoms with Crippen LogP contribution in [0.4, 0.5) is 11.4 Å². The zero-order valence-electron chi connectivity index (χ0n) is 23.3. The van der Waals surface area contributed by atoms with Gasteiger partial charge in [-0.2, -0.15) is 0 Å². The molecule has 6 aromatic rings. The number of fused-ring (bicyclic) bond motifs is 4. The van der Waals surface area contributed by atoms with Gasteiger partial charge in [0.05, 0.1) is 12.2 Å². The first kappa shape index (κ1) is 26.1. The molecule has 7 rings (SSSR count). The van der Waals surface area contributed by atoms with Crippen LogP contribution in [0.2, 0.25) is 0 Å². The van der Waals surface area contributed by atoms with Crippen molar-refractivity contribution in [2.75, 3.05) is 10.6 Å². The van der Waals surface area contributed by atoms with Gasteiger partial charge in [-0.15, -0.1) is 0 Å². The van der Waals surface area contributed by atoms with Crippen molar-refractivity contribution < 1.29 is 19.8 Å². The summed E-state index contributed by atoms with van der Waals surface area (Å²) in [6, 6.07) is 32.0. The van der Waals surface area contributed by atoms with E-state index in [9.17, 15) is 19.8 Å². The van der Waals surface area contributed by atoms with Gasteiger partial charge in [-0.1, -0.05) is 60.7 Å². The number of rotatable bonds is 4. The zero-order valence-corrected chi connectivity index (χ0v) is 23.3. The Morgan fingerprint density at radius 2 is 0.881 bits per heavy atom. The van der Waals surface area contributed by atoms with Crippen LogP contribution >= 0.6 is 0 Å². The first-order valence-corrected chi connectivity index (χ1v) is 14.1. The molecular formula is C36H30N2O4. The van der Waals surface area contributed by atoms with E-state index in [1.54, 1.807) is 0 Å². The Hall–Kier alpha value is -4.78. The maximum atomic E-state index is 12.2. The Morgan fingerprint density at radius 3 is 1.24 bits per heavy atom. The van der Waals surface area contributed by atoms with Gasteiger partial charge in [0.25, 0.3) is 0 Å². The molecule has 6 heteroatoms. The minimum Gasteiger partial charge on any atom is -0.392 e. The molecule has 6 nitrogen and oxygen atoms in total. The Kier molecular flexibility index (Phi) is 6.19. The van der Waals surface area contributed by atoms with Gasteiger partial charge in [-0.25, -0.2) is 0 Å². The quantitative estimate of drug-likeness (QED) is 0.180. The number of amides is 2. The number of aliphatic hydroxyl groups is 2. The van der Waals surface area contributed by atoms with Crippen LogP contribution in [0, 0.1) is 0 Å². The second-order valence-corrected chi connectivity index (χ2v) is 11.3. The zero-order chi connectivity index (χ0) is 29.1. The summed E-state index contributed by atoms with van der Waals surface area (Å²) in [5.74, 6) is -1.79. The fourth-order valence-corrected chi connectivity index (χ4v) is 6.78. The summed E-state index contributed by atoms with van der Waals surface area (Å²) in [7, 11) is 0. The van der Waals surface area contributed by atoms with Crippen molar-refractivity contribution in [2.45, 2.75) is 37.9 Å². The molecule has 0 saturated heterocycles. The molecule has 0 unspecified atom stereocenters. The summed E-state index contributed by atoms with van der Waals surface area (Å²) in [6.45, 7) is 2.90. The number of anilines is 2. The van der Waals surface area contributed by atoms with E-state index in [0.29, 0.717) is 22.5 Å². The molecule has 0 atom stereocenters. The lowest BCUT2D eigenvalue weighted by Crippen LogP contribution is -2.52. The van der Waals surface area contributed by atoms with Crippen molar-refractivity contribution in [3.63, 3.8) is 0 Å². The topological polar surface area (TPSA) is 98.7 Å². The molecule has 0 aliphatic heterocycles. The smallest absolute Gasteiger partial charge is 0.221 e. The third-order valence-electron chi connectivity index (χ3n) is 8.62. The van der Waals surface area contributed by atoms with Crippen LogP contribution in [-0.4, -0.2) is 34.2 Å².